The van der Waals surface area contributed by atoms with Gasteiger partial charge in [0.25, 0.3) is 10.0 Å². The molecule has 5 nitrogen and oxygen atoms in total. The van der Waals surface area contributed by atoms with Crippen molar-refractivity contribution in [3.63, 3.8) is 0 Å². The minimum atomic E-state index is -3.70. The van der Waals surface area contributed by atoms with Crippen LogP contribution in [-0.2, 0) is 10.0 Å². The van der Waals surface area contributed by atoms with Gasteiger partial charge >= 0.3 is 0 Å². The summed E-state index contributed by atoms with van der Waals surface area (Å²) in [6, 6.07) is 20.3. The molecule has 5 rings (SSSR count). The zero-order chi connectivity index (χ0) is 25.4. The first-order chi connectivity index (χ1) is 17.3. The van der Waals surface area contributed by atoms with Gasteiger partial charge in [-0.15, -0.1) is 0 Å². The molecule has 3 unspecified atom stereocenters. The molecule has 1 aliphatic carbocycles. The van der Waals surface area contributed by atoms with Gasteiger partial charge < -0.3 is 10.2 Å². The van der Waals surface area contributed by atoms with Gasteiger partial charge in [0.05, 0.1) is 10.9 Å². The zero-order valence-corrected chi connectivity index (χ0v) is 22.3. The number of nitrogens with zero attached hydrogens (tertiary/aromatic N) is 1. The number of benzene rings is 3. The highest BCUT2D eigenvalue weighted by molar-refractivity contribution is 7.92. The average Bonchev–Trinajstić information content (AvgIpc) is 3.34. The van der Waals surface area contributed by atoms with Crippen LogP contribution in [0.25, 0.3) is 0 Å². The minimum Gasteiger partial charge on any atom is -0.378 e. The molecule has 0 spiro atoms. The van der Waals surface area contributed by atoms with Crippen molar-refractivity contribution in [1.82, 2.24) is 0 Å². The van der Waals surface area contributed by atoms with Crippen molar-refractivity contribution in [3.8, 4) is 0 Å². The van der Waals surface area contributed by atoms with E-state index in [0.29, 0.717) is 16.5 Å². The summed E-state index contributed by atoms with van der Waals surface area (Å²) in [6.07, 6.45) is 5.45. The van der Waals surface area contributed by atoms with E-state index in [1.807, 2.05) is 44.2 Å². The molecule has 0 aromatic heterocycles. The van der Waals surface area contributed by atoms with Crippen LogP contribution in [0, 0.1) is 19.8 Å². The molecule has 0 amide bonds. The number of allylic oxidation sites excluding steroid dienone is 2. The summed E-state index contributed by atoms with van der Waals surface area (Å²) in [5.74, 6) is 0.534. The Balaban J connectivity index is 1.43. The highest BCUT2D eigenvalue weighted by Crippen LogP contribution is 2.50. The van der Waals surface area contributed by atoms with Gasteiger partial charge in [0.15, 0.2) is 0 Å². The summed E-state index contributed by atoms with van der Waals surface area (Å²) in [6.45, 7) is 10.3. The molecule has 0 fully saturated rings. The summed E-state index contributed by atoms with van der Waals surface area (Å²) in [5, 5.41) is 3.74. The lowest BCUT2D eigenvalue weighted by Gasteiger charge is -2.38. The fraction of sp³-hybridized carbons (Fsp3) is 0.333. The SMILES string of the molecule is CCN(CC)c1ccc(C2Nc3ccc(S(=O)(=O)Nc4cc(C)cc(C)c4)cc3C3C=CCC32)cc1. The summed E-state index contributed by atoms with van der Waals surface area (Å²) in [4.78, 5) is 2.64. The van der Waals surface area contributed by atoms with E-state index < -0.39 is 10.0 Å². The Morgan fingerprint density at radius 2 is 1.64 bits per heavy atom. The molecule has 188 valence electrons. The third kappa shape index (κ3) is 4.62. The van der Waals surface area contributed by atoms with Crippen molar-refractivity contribution in [2.24, 2.45) is 5.92 Å². The first kappa shape index (κ1) is 24.4. The zero-order valence-electron chi connectivity index (χ0n) is 21.5. The number of rotatable bonds is 7. The molecule has 36 heavy (non-hydrogen) atoms. The van der Waals surface area contributed by atoms with Crippen LogP contribution >= 0.6 is 0 Å². The topological polar surface area (TPSA) is 61.4 Å². The predicted octanol–water partition coefficient (Wildman–Crippen LogP) is 6.78. The number of nitrogens with one attached hydrogen (secondary N) is 2. The maximum absolute atomic E-state index is 13.3. The largest absolute Gasteiger partial charge is 0.378 e. The molecule has 0 saturated carbocycles. The van der Waals surface area contributed by atoms with E-state index in [9.17, 15) is 8.42 Å². The van der Waals surface area contributed by atoms with Crippen molar-refractivity contribution < 1.29 is 8.42 Å². The quantitative estimate of drug-likeness (QED) is 0.351. The molecule has 0 saturated heterocycles. The van der Waals surface area contributed by atoms with Crippen LogP contribution in [0.1, 0.15) is 54.5 Å². The van der Waals surface area contributed by atoms with Crippen molar-refractivity contribution in [2.45, 2.75) is 51.0 Å². The van der Waals surface area contributed by atoms with Gasteiger partial charge in [-0.1, -0.05) is 30.4 Å². The first-order valence-electron chi connectivity index (χ1n) is 12.8. The molecular weight excluding hydrogens is 466 g/mol. The Bertz CT molecular complexity index is 1370. The monoisotopic (exact) mass is 501 g/mol. The summed E-state index contributed by atoms with van der Waals surface area (Å²) in [5.41, 5.74) is 7.21. The van der Waals surface area contributed by atoms with Crippen LogP contribution in [-0.4, -0.2) is 21.5 Å². The Hall–Kier alpha value is -3.25. The smallest absolute Gasteiger partial charge is 0.261 e. The molecule has 6 heteroatoms. The molecule has 0 bridgehead atoms. The molecule has 2 aliphatic rings. The van der Waals surface area contributed by atoms with Crippen LogP contribution in [0.15, 0.2) is 77.7 Å². The van der Waals surface area contributed by atoms with Gasteiger partial charge in [0.2, 0.25) is 0 Å². The lowest BCUT2D eigenvalue weighted by Crippen LogP contribution is -2.29. The summed E-state index contributed by atoms with van der Waals surface area (Å²) in [7, 11) is -3.70. The van der Waals surface area contributed by atoms with Crippen LogP contribution in [0.4, 0.5) is 17.1 Å². The Kier molecular flexibility index (Phi) is 6.56. The van der Waals surface area contributed by atoms with E-state index in [-0.39, 0.29) is 12.0 Å². The first-order valence-corrected chi connectivity index (χ1v) is 14.3. The van der Waals surface area contributed by atoms with Gasteiger partial charge in [-0.25, -0.2) is 8.42 Å². The van der Waals surface area contributed by atoms with E-state index in [4.69, 9.17) is 0 Å². The summed E-state index contributed by atoms with van der Waals surface area (Å²) < 4.78 is 29.3. The van der Waals surface area contributed by atoms with Gasteiger partial charge in [-0.3, -0.25) is 4.72 Å². The van der Waals surface area contributed by atoms with Gasteiger partial charge in [0, 0.05) is 36.1 Å². The minimum absolute atomic E-state index is 0.180. The predicted molar refractivity (Wildman–Crippen MR) is 150 cm³/mol. The van der Waals surface area contributed by atoms with E-state index >= 15 is 0 Å². The van der Waals surface area contributed by atoms with Gasteiger partial charge in [-0.2, -0.15) is 0 Å². The second-order valence-electron chi connectivity index (χ2n) is 9.97. The fourth-order valence-corrected chi connectivity index (χ4v) is 6.87. The van der Waals surface area contributed by atoms with Gasteiger partial charge in [0.1, 0.15) is 0 Å². The van der Waals surface area contributed by atoms with Crippen molar-refractivity contribution >= 4 is 27.1 Å². The van der Waals surface area contributed by atoms with Crippen LogP contribution in [0.2, 0.25) is 0 Å². The Morgan fingerprint density at radius 1 is 0.944 bits per heavy atom. The normalized spacial score (nSPS) is 20.4. The standard InChI is InChI=1S/C30H35N3O2S/c1-5-33(6-2)24-12-10-22(11-13-24)30-27-9-7-8-26(27)28-19-25(14-15-29(28)31-30)36(34,35)32-23-17-20(3)16-21(4)18-23/h7-8,10-19,26-27,30-32H,5-6,9H2,1-4H3. The number of anilines is 3. The third-order valence-corrected chi connectivity index (χ3v) is 8.88. The van der Waals surface area contributed by atoms with E-state index in [0.717, 1.165) is 41.9 Å². The number of hydrogen-bond acceptors (Lipinski definition) is 4. The number of fused-ring (bicyclic) bond motifs is 3. The highest BCUT2D eigenvalue weighted by atomic mass is 32.2. The molecule has 1 aliphatic heterocycles. The Morgan fingerprint density at radius 3 is 2.31 bits per heavy atom. The lowest BCUT2D eigenvalue weighted by molar-refractivity contribution is 0.425. The van der Waals surface area contributed by atoms with Crippen LogP contribution < -0.4 is 14.9 Å². The Labute approximate surface area is 215 Å². The number of hydrogen-bond donors (Lipinski definition) is 2. The molecule has 3 atom stereocenters. The average molecular weight is 502 g/mol. The van der Waals surface area contributed by atoms with Crippen molar-refractivity contribution in [1.29, 1.82) is 0 Å². The molecular formula is C30H35N3O2S. The van der Waals surface area contributed by atoms with E-state index in [1.165, 1.54) is 11.3 Å². The maximum atomic E-state index is 13.3. The van der Waals surface area contributed by atoms with Crippen LogP contribution in [0.5, 0.6) is 0 Å². The third-order valence-electron chi connectivity index (χ3n) is 7.50. The van der Waals surface area contributed by atoms with Crippen molar-refractivity contribution in [3.05, 3.63) is 95.1 Å². The van der Waals surface area contributed by atoms with Gasteiger partial charge in [-0.05, 0) is 105 Å². The fourth-order valence-electron chi connectivity index (χ4n) is 5.80. The molecule has 0 radical (unpaired) electrons. The molecule has 3 aromatic carbocycles. The number of sulfonamides is 1. The second-order valence-corrected chi connectivity index (χ2v) is 11.7. The maximum Gasteiger partial charge on any atom is 0.261 e. The molecule has 2 N–H and O–H groups in total. The van der Waals surface area contributed by atoms with Crippen LogP contribution in [0.3, 0.4) is 0 Å². The lowest BCUT2D eigenvalue weighted by atomic mass is 9.77. The second kappa shape index (κ2) is 9.66. The van der Waals surface area contributed by atoms with E-state index in [2.05, 4.69) is 65.2 Å². The molecule has 1 heterocycles. The van der Waals surface area contributed by atoms with E-state index in [1.54, 1.807) is 6.07 Å². The van der Waals surface area contributed by atoms with Crippen molar-refractivity contribution in [2.75, 3.05) is 28.0 Å². The highest BCUT2D eigenvalue weighted by Gasteiger charge is 2.38. The summed E-state index contributed by atoms with van der Waals surface area (Å²) >= 11 is 0. The molecule has 3 aromatic rings. The number of aryl methyl sites for hydroxylation is 2.